The summed E-state index contributed by atoms with van der Waals surface area (Å²) in [5.41, 5.74) is 0.924. The van der Waals surface area contributed by atoms with Gasteiger partial charge < -0.3 is 15.0 Å². The largest absolute Gasteiger partial charge is 0.388 e. The van der Waals surface area contributed by atoms with E-state index in [2.05, 4.69) is 15.5 Å². The molecule has 1 aromatic carbocycles. The summed E-state index contributed by atoms with van der Waals surface area (Å²) >= 11 is 1.51. The maximum absolute atomic E-state index is 10.1. The van der Waals surface area contributed by atoms with Gasteiger partial charge in [0.15, 0.2) is 5.16 Å². The average molecular weight is 278 g/mol. The van der Waals surface area contributed by atoms with E-state index in [-0.39, 0.29) is 0 Å². The third-order valence-corrected chi connectivity index (χ3v) is 3.91. The van der Waals surface area contributed by atoms with E-state index < -0.39 is 6.10 Å². The summed E-state index contributed by atoms with van der Waals surface area (Å²) in [5, 5.41) is 22.2. The summed E-state index contributed by atoms with van der Waals surface area (Å²) in [7, 11) is 3.81. The Balaban J connectivity index is 1.95. The zero-order chi connectivity index (χ0) is 13.7. The Morgan fingerprint density at radius 2 is 2.05 bits per heavy atom. The molecule has 0 spiro atoms. The molecule has 1 aromatic heterocycles. The molecule has 0 radical (unpaired) electrons. The van der Waals surface area contributed by atoms with Gasteiger partial charge in [-0.3, -0.25) is 0 Å². The van der Waals surface area contributed by atoms with Crippen LogP contribution < -0.4 is 5.32 Å². The molecule has 0 fully saturated rings. The highest BCUT2D eigenvalue weighted by Crippen LogP contribution is 2.23. The van der Waals surface area contributed by atoms with E-state index in [9.17, 15) is 5.11 Å². The van der Waals surface area contributed by atoms with Crippen LogP contribution in [0.5, 0.6) is 0 Å². The van der Waals surface area contributed by atoms with Gasteiger partial charge in [-0.05, 0) is 12.6 Å². The van der Waals surface area contributed by atoms with Crippen molar-refractivity contribution in [3.63, 3.8) is 0 Å². The molecule has 19 heavy (non-hydrogen) atoms. The van der Waals surface area contributed by atoms with Crippen LogP contribution in [0.1, 0.15) is 17.5 Å². The van der Waals surface area contributed by atoms with E-state index in [1.807, 2.05) is 49.0 Å². The summed E-state index contributed by atoms with van der Waals surface area (Å²) in [5.74, 6) is 1.45. The van der Waals surface area contributed by atoms with Crippen LogP contribution in [0, 0.1) is 0 Å². The molecule has 2 aromatic rings. The first-order valence-corrected chi connectivity index (χ1v) is 7.09. The molecule has 2 N–H and O–H groups in total. The maximum atomic E-state index is 10.1. The second kappa shape index (κ2) is 6.70. The first-order valence-electron chi connectivity index (χ1n) is 6.11. The third-order valence-electron chi connectivity index (χ3n) is 2.81. The van der Waals surface area contributed by atoms with Gasteiger partial charge in [0.25, 0.3) is 0 Å². The minimum Gasteiger partial charge on any atom is -0.388 e. The number of aliphatic hydroxyl groups is 1. The van der Waals surface area contributed by atoms with Crippen LogP contribution in [0.25, 0.3) is 0 Å². The molecule has 6 heteroatoms. The number of hydrogen-bond acceptors (Lipinski definition) is 5. The number of aliphatic hydroxyl groups excluding tert-OH is 1. The topological polar surface area (TPSA) is 63.0 Å². The Morgan fingerprint density at radius 3 is 2.74 bits per heavy atom. The Kier molecular flexibility index (Phi) is 4.95. The van der Waals surface area contributed by atoms with Gasteiger partial charge in [0.1, 0.15) is 5.82 Å². The third kappa shape index (κ3) is 3.56. The van der Waals surface area contributed by atoms with Gasteiger partial charge in [-0.15, -0.1) is 10.2 Å². The SMILES string of the molecule is CNCc1nnc(SC[C@H](O)c2ccccc2)n1C. The smallest absolute Gasteiger partial charge is 0.191 e. The standard InChI is InChI=1S/C13H18N4OS/c1-14-8-12-15-16-13(17(12)2)19-9-11(18)10-6-4-3-5-7-10/h3-7,11,14,18H,8-9H2,1-2H3/t11-/m0/s1. The maximum Gasteiger partial charge on any atom is 0.191 e. The summed E-state index contributed by atoms with van der Waals surface area (Å²) in [6.07, 6.45) is -0.490. The van der Waals surface area contributed by atoms with Gasteiger partial charge in [0, 0.05) is 12.8 Å². The Morgan fingerprint density at radius 1 is 1.32 bits per heavy atom. The van der Waals surface area contributed by atoms with E-state index >= 15 is 0 Å². The molecular formula is C13H18N4OS. The number of hydrogen-bond donors (Lipinski definition) is 2. The first-order chi connectivity index (χ1) is 9.22. The lowest BCUT2D eigenvalue weighted by Gasteiger charge is -2.10. The molecule has 0 amide bonds. The van der Waals surface area contributed by atoms with E-state index in [0.717, 1.165) is 16.5 Å². The minimum absolute atomic E-state index is 0.490. The Labute approximate surface area is 117 Å². The zero-order valence-electron chi connectivity index (χ0n) is 11.1. The normalized spacial score (nSPS) is 12.6. The fourth-order valence-corrected chi connectivity index (χ4v) is 2.60. The molecule has 0 saturated heterocycles. The highest BCUT2D eigenvalue weighted by Gasteiger charge is 2.12. The number of nitrogens with zero attached hydrogens (tertiary/aromatic N) is 3. The predicted molar refractivity (Wildman–Crippen MR) is 75.9 cm³/mol. The molecule has 0 unspecified atom stereocenters. The van der Waals surface area contributed by atoms with Gasteiger partial charge in [-0.25, -0.2) is 0 Å². The van der Waals surface area contributed by atoms with E-state index in [1.165, 1.54) is 11.8 Å². The van der Waals surface area contributed by atoms with Crippen LogP contribution in [0.2, 0.25) is 0 Å². The molecule has 0 aliphatic carbocycles. The highest BCUT2D eigenvalue weighted by molar-refractivity contribution is 7.99. The van der Waals surface area contributed by atoms with Crippen molar-refractivity contribution in [3.05, 3.63) is 41.7 Å². The lowest BCUT2D eigenvalue weighted by atomic mass is 10.1. The van der Waals surface area contributed by atoms with Gasteiger partial charge in [-0.1, -0.05) is 42.1 Å². The monoisotopic (exact) mass is 278 g/mol. The van der Waals surface area contributed by atoms with Crippen molar-refractivity contribution >= 4 is 11.8 Å². The molecule has 0 saturated carbocycles. The molecule has 2 rings (SSSR count). The molecule has 1 heterocycles. The molecule has 5 nitrogen and oxygen atoms in total. The van der Waals surface area contributed by atoms with E-state index in [4.69, 9.17) is 0 Å². The lowest BCUT2D eigenvalue weighted by Crippen LogP contribution is -2.10. The van der Waals surface area contributed by atoms with Crippen molar-refractivity contribution < 1.29 is 5.11 Å². The van der Waals surface area contributed by atoms with Crippen molar-refractivity contribution in [2.24, 2.45) is 7.05 Å². The lowest BCUT2D eigenvalue weighted by molar-refractivity contribution is 0.204. The second-order valence-corrected chi connectivity index (χ2v) is 5.21. The van der Waals surface area contributed by atoms with E-state index in [1.54, 1.807) is 0 Å². The van der Waals surface area contributed by atoms with Crippen LogP contribution in [-0.2, 0) is 13.6 Å². The fraction of sp³-hybridized carbons (Fsp3) is 0.385. The van der Waals surface area contributed by atoms with Crippen LogP contribution in [0.4, 0.5) is 0 Å². The summed E-state index contributed by atoms with van der Waals surface area (Å²) < 4.78 is 1.94. The van der Waals surface area contributed by atoms with Crippen molar-refractivity contribution in [1.29, 1.82) is 0 Å². The van der Waals surface area contributed by atoms with Gasteiger partial charge >= 0.3 is 0 Å². The van der Waals surface area contributed by atoms with Crippen molar-refractivity contribution in [2.75, 3.05) is 12.8 Å². The molecule has 0 bridgehead atoms. The van der Waals surface area contributed by atoms with Crippen LogP contribution in [0.15, 0.2) is 35.5 Å². The fourth-order valence-electron chi connectivity index (χ4n) is 1.71. The molecule has 1 atom stereocenters. The molecule has 0 aliphatic heterocycles. The van der Waals surface area contributed by atoms with Crippen molar-refractivity contribution in [3.8, 4) is 0 Å². The van der Waals surface area contributed by atoms with Crippen LogP contribution in [-0.4, -0.2) is 32.7 Å². The molecule has 102 valence electrons. The first kappa shape index (κ1) is 14.0. The number of rotatable bonds is 6. The Bertz CT molecular complexity index is 515. The summed E-state index contributed by atoms with van der Waals surface area (Å²) in [6, 6.07) is 9.64. The number of thioether (sulfide) groups is 1. The quantitative estimate of drug-likeness (QED) is 0.781. The summed E-state index contributed by atoms with van der Waals surface area (Å²) in [6.45, 7) is 0.686. The van der Waals surface area contributed by atoms with Crippen molar-refractivity contribution in [2.45, 2.75) is 17.8 Å². The second-order valence-electron chi connectivity index (χ2n) is 4.23. The van der Waals surface area contributed by atoms with Crippen LogP contribution >= 0.6 is 11.8 Å². The van der Waals surface area contributed by atoms with Gasteiger partial charge in [-0.2, -0.15) is 0 Å². The summed E-state index contributed by atoms with van der Waals surface area (Å²) in [4.78, 5) is 0. The zero-order valence-corrected chi connectivity index (χ0v) is 11.9. The number of nitrogens with one attached hydrogen (secondary N) is 1. The number of aromatic nitrogens is 3. The van der Waals surface area contributed by atoms with E-state index in [0.29, 0.717) is 12.3 Å². The van der Waals surface area contributed by atoms with Gasteiger partial charge in [0.05, 0.1) is 12.6 Å². The van der Waals surface area contributed by atoms with Gasteiger partial charge in [0.2, 0.25) is 0 Å². The molecule has 0 aliphatic rings. The highest BCUT2D eigenvalue weighted by atomic mass is 32.2. The number of benzene rings is 1. The Hall–Kier alpha value is -1.37. The predicted octanol–water partition coefficient (Wildman–Crippen LogP) is 1.36. The molecular weight excluding hydrogens is 260 g/mol. The van der Waals surface area contributed by atoms with Crippen LogP contribution in [0.3, 0.4) is 0 Å². The average Bonchev–Trinajstić information content (AvgIpc) is 2.79. The minimum atomic E-state index is -0.490. The van der Waals surface area contributed by atoms with Crippen molar-refractivity contribution in [1.82, 2.24) is 20.1 Å².